The van der Waals surface area contributed by atoms with Gasteiger partial charge in [-0.05, 0) is 35.7 Å². The minimum Gasteiger partial charge on any atom is -0.454 e. The van der Waals surface area contributed by atoms with Crippen molar-refractivity contribution in [2.24, 2.45) is 0 Å². The fraction of sp³-hybridized carbons (Fsp3) is 0.312. The lowest BCUT2D eigenvalue weighted by atomic mass is 10.1. The Morgan fingerprint density at radius 3 is 2.95 bits per heavy atom. The summed E-state index contributed by atoms with van der Waals surface area (Å²) in [7, 11) is 0. The molecular weight excluding hydrogens is 252 g/mol. The quantitative estimate of drug-likeness (QED) is 0.907. The van der Waals surface area contributed by atoms with Gasteiger partial charge in [0, 0.05) is 19.3 Å². The largest absolute Gasteiger partial charge is 0.454 e. The van der Waals surface area contributed by atoms with E-state index in [1.54, 1.807) is 0 Å². The number of benzene rings is 1. The van der Waals surface area contributed by atoms with E-state index < -0.39 is 0 Å². The van der Waals surface area contributed by atoms with Crippen LogP contribution in [0.1, 0.15) is 23.7 Å². The highest BCUT2D eigenvalue weighted by atomic mass is 16.7. The zero-order chi connectivity index (χ0) is 13.8. The molecule has 0 atom stereocenters. The van der Waals surface area contributed by atoms with Gasteiger partial charge in [0.15, 0.2) is 11.5 Å². The van der Waals surface area contributed by atoms with Crippen LogP contribution >= 0.6 is 0 Å². The van der Waals surface area contributed by atoms with E-state index in [1.807, 2.05) is 24.4 Å². The molecule has 0 spiro atoms. The monoisotopic (exact) mass is 270 g/mol. The van der Waals surface area contributed by atoms with E-state index in [4.69, 9.17) is 9.47 Å². The lowest BCUT2D eigenvalue weighted by Gasteiger charge is -2.08. The third kappa shape index (κ3) is 2.75. The molecule has 2 heterocycles. The van der Waals surface area contributed by atoms with Crippen molar-refractivity contribution in [3.8, 4) is 11.5 Å². The summed E-state index contributed by atoms with van der Waals surface area (Å²) in [6, 6.07) is 10.1. The molecular formula is C16H18N2O2. The Bertz CT molecular complexity index is 599. The van der Waals surface area contributed by atoms with Crippen LogP contribution in [-0.4, -0.2) is 11.8 Å². The number of rotatable bonds is 5. The molecule has 0 unspecified atom stereocenters. The molecule has 0 fully saturated rings. The number of ether oxygens (including phenoxy) is 2. The molecule has 1 N–H and O–H groups in total. The number of hydrogen-bond donors (Lipinski definition) is 1. The van der Waals surface area contributed by atoms with Crippen molar-refractivity contribution in [1.82, 2.24) is 10.3 Å². The van der Waals surface area contributed by atoms with E-state index in [0.29, 0.717) is 6.79 Å². The van der Waals surface area contributed by atoms with Gasteiger partial charge in [0.1, 0.15) is 0 Å². The van der Waals surface area contributed by atoms with Crippen molar-refractivity contribution >= 4 is 0 Å². The van der Waals surface area contributed by atoms with E-state index in [-0.39, 0.29) is 0 Å². The Kier molecular flexibility index (Phi) is 3.83. The third-order valence-corrected chi connectivity index (χ3v) is 3.42. The molecule has 0 aliphatic carbocycles. The van der Waals surface area contributed by atoms with Gasteiger partial charge in [-0.1, -0.05) is 19.1 Å². The molecule has 1 aliphatic heterocycles. The highest BCUT2D eigenvalue weighted by molar-refractivity contribution is 5.44. The molecule has 0 bridgehead atoms. The van der Waals surface area contributed by atoms with Crippen molar-refractivity contribution in [2.45, 2.75) is 26.4 Å². The minimum absolute atomic E-state index is 0.319. The fourth-order valence-corrected chi connectivity index (χ4v) is 2.33. The second-order valence-corrected chi connectivity index (χ2v) is 4.75. The van der Waals surface area contributed by atoms with Gasteiger partial charge in [0.25, 0.3) is 0 Å². The number of pyridine rings is 1. The van der Waals surface area contributed by atoms with E-state index in [1.165, 1.54) is 11.1 Å². The molecule has 4 nitrogen and oxygen atoms in total. The van der Waals surface area contributed by atoms with Crippen LogP contribution in [0, 0.1) is 0 Å². The average Bonchev–Trinajstić information content (AvgIpc) is 2.95. The van der Waals surface area contributed by atoms with Crippen LogP contribution in [0.3, 0.4) is 0 Å². The van der Waals surface area contributed by atoms with Crippen LogP contribution in [-0.2, 0) is 19.5 Å². The first-order valence-electron chi connectivity index (χ1n) is 6.89. The molecule has 0 radical (unpaired) electrons. The Morgan fingerprint density at radius 1 is 1.15 bits per heavy atom. The zero-order valence-corrected chi connectivity index (χ0v) is 11.6. The predicted octanol–water partition coefficient (Wildman–Crippen LogP) is 2.66. The van der Waals surface area contributed by atoms with E-state index in [9.17, 15) is 0 Å². The summed E-state index contributed by atoms with van der Waals surface area (Å²) in [4.78, 5) is 4.43. The standard InChI is InChI=1S/C16H18N2O2/c1-2-13-4-3-7-18-14(13)10-17-9-12-5-6-15-16(8-12)20-11-19-15/h3-8,17H,2,9-11H2,1H3. The molecule has 2 aromatic rings. The van der Waals surface area contributed by atoms with Gasteiger partial charge in [-0.25, -0.2) is 0 Å². The van der Waals surface area contributed by atoms with Crippen LogP contribution in [0.2, 0.25) is 0 Å². The zero-order valence-electron chi connectivity index (χ0n) is 11.6. The number of aryl methyl sites for hydroxylation is 1. The summed E-state index contributed by atoms with van der Waals surface area (Å²) >= 11 is 0. The SMILES string of the molecule is CCc1cccnc1CNCc1ccc2c(c1)OCO2. The molecule has 1 aromatic heterocycles. The van der Waals surface area contributed by atoms with Crippen molar-refractivity contribution < 1.29 is 9.47 Å². The maximum Gasteiger partial charge on any atom is 0.231 e. The van der Waals surface area contributed by atoms with Crippen molar-refractivity contribution in [3.63, 3.8) is 0 Å². The van der Waals surface area contributed by atoms with Gasteiger partial charge in [-0.3, -0.25) is 4.98 Å². The maximum atomic E-state index is 5.38. The van der Waals surface area contributed by atoms with Gasteiger partial charge in [0.2, 0.25) is 6.79 Å². The second-order valence-electron chi connectivity index (χ2n) is 4.75. The molecule has 20 heavy (non-hydrogen) atoms. The maximum absolute atomic E-state index is 5.38. The fourth-order valence-electron chi connectivity index (χ4n) is 2.33. The summed E-state index contributed by atoms with van der Waals surface area (Å²) in [6.45, 7) is 4.03. The molecule has 0 saturated carbocycles. The van der Waals surface area contributed by atoms with E-state index in [0.717, 1.165) is 36.7 Å². The Morgan fingerprint density at radius 2 is 2.05 bits per heavy atom. The van der Waals surface area contributed by atoms with Crippen molar-refractivity contribution in [1.29, 1.82) is 0 Å². The number of aromatic nitrogens is 1. The second kappa shape index (κ2) is 5.92. The molecule has 104 valence electrons. The number of nitrogens with one attached hydrogen (secondary N) is 1. The van der Waals surface area contributed by atoms with Crippen molar-refractivity contribution in [2.75, 3.05) is 6.79 Å². The summed E-state index contributed by atoms with van der Waals surface area (Å²) < 4.78 is 10.7. The van der Waals surface area contributed by atoms with Crippen molar-refractivity contribution in [3.05, 3.63) is 53.3 Å². The van der Waals surface area contributed by atoms with E-state index in [2.05, 4.69) is 29.4 Å². The smallest absolute Gasteiger partial charge is 0.231 e. The lowest BCUT2D eigenvalue weighted by Crippen LogP contribution is -2.15. The highest BCUT2D eigenvalue weighted by Crippen LogP contribution is 2.32. The van der Waals surface area contributed by atoms with Crippen LogP contribution in [0.15, 0.2) is 36.5 Å². The third-order valence-electron chi connectivity index (χ3n) is 3.42. The number of hydrogen-bond acceptors (Lipinski definition) is 4. The van der Waals surface area contributed by atoms with Gasteiger partial charge in [0.05, 0.1) is 5.69 Å². The summed E-state index contributed by atoms with van der Waals surface area (Å²) in [5, 5.41) is 3.42. The molecule has 4 heteroatoms. The topological polar surface area (TPSA) is 43.4 Å². The lowest BCUT2D eigenvalue weighted by molar-refractivity contribution is 0.174. The Labute approximate surface area is 118 Å². The van der Waals surface area contributed by atoms with Crippen LogP contribution < -0.4 is 14.8 Å². The number of fused-ring (bicyclic) bond motifs is 1. The molecule has 3 rings (SSSR count). The minimum atomic E-state index is 0.319. The molecule has 1 aliphatic rings. The van der Waals surface area contributed by atoms with Crippen LogP contribution in [0.25, 0.3) is 0 Å². The summed E-state index contributed by atoms with van der Waals surface area (Å²) in [5.74, 6) is 1.66. The van der Waals surface area contributed by atoms with Gasteiger partial charge in [-0.15, -0.1) is 0 Å². The molecule has 0 saturated heterocycles. The van der Waals surface area contributed by atoms with Gasteiger partial charge in [-0.2, -0.15) is 0 Å². The Hall–Kier alpha value is -2.07. The van der Waals surface area contributed by atoms with Gasteiger partial charge < -0.3 is 14.8 Å². The van der Waals surface area contributed by atoms with Crippen LogP contribution in [0.4, 0.5) is 0 Å². The Balaban J connectivity index is 1.60. The first kappa shape index (κ1) is 12.9. The first-order valence-corrected chi connectivity index (χ1v) is 6.89. The number of nitrogens with zero attached hydrogens (tertiary/aromatic N) is 1. The van der Waals surface area contributed by atoms with Crippen LogP contribution in [0.5, 0.6) is 11.5 Å². The predicted molar refractivity (Wildman–Crippen MR) is 76.7 cm³/mol. The average molecular weight is 270 g/mol. The van der Waals surface area contributed by atoms with Gasteiger partial charge >= 0.3 is 0 Å². The molecule has 0 amide bonds. The first-order chi connectivity index (χ1) is 9.86. The van der Waals surface area contributed by atoms with E-state index >= 15 is 0 Å². The molecule has 1 aromatic carbocycles. The normalized spacial score (nSPS) is 12.7. The summed E-state index contributed by atoms with van der Waals surface area (Å²) in [6.07, 6.45) is 2.85. The summed E-state index contributed by atoms with van der Waals surface area (Å²) in [5.41, 5.74) is 3.60. The highest BCUT2D eigenvalue weighted by Gasteiger charge is 2.12.